The lowest BCUT2D eigenvalue weighted by Crippen LogP contribution is -2.47. The van der Waals surface area contributed by atoms with Crippen molar-refractivity contribution in [3.05, 3.63) is 30.1 Å². The van der Waals surface area contributed by atoms with Gasteiger partial charge in [-0.25, -0.2) is 0 Å². The minimum Gasteiger partial charge on any atom is -0.338 e. The van der Waals surface area contributed by atoms with Gasteiger partial charge in [-0.1, -0.05) is 6.92 Å². The van der Waals surface area contributed by atoms with Gasteiger partial charge in [-0.15, -0.1) is 0 Å². The first kappa shape index (κ1) is 14.0. The average Bonchev–Trinajstić information content (AvgIpc) is 2.46. The zero-order valence-corrected chi connectivity index (χ0v) is 11.9. The molecule has 0 radical (unpaired) electrons. The number of rotatable bonds is 4. The van der Waals surface area contributed by atoms with Crippen LogP contribution in [-0.2, 0) is 11.3 Å². The molecule has 1 aromatic heterocycles. The van der Waals surface area contributed by atoms with Gasteiger partial charge < -0.3 is 10.2 Å². The van der Waals surface area contributed by atoms with Gasteiger partial charge in [0.2, 0.25) is 5.91 Å². The Labute approximate surface area is 115 Å². The summed E-state index contributed by atoms with van der Waals surface area (Å²) in [4.78, 5) is 18.7. The van der Waals surface area contributed by atoms with Crippen LogP contribution in [0.1, 0.15) is 32.3 Å². The third kappa shape index (κ3) is 3.32. The summed E-state index contributed by atoms with van der Waals surface area (Å²) in [6.07, 6.45) is 5.41. The van der Waals surface area contributed by atoms with Crippen LogP contribution in [0.3, 0.4) is 0 Å². The average molecular weight is 261 g/mol. The molecule has 1 aliphatic heterocycles. The van der Waals surface area contributed by atoms with Gasteiger partial charge in [0.1, 0.15) is 0 Å². The summed E-state index contributed by atoms with van der Waals surface area (Å²) in [6, 6.07) is 3.95. The van der Waals surface area contributed by atoms with E-state index < -0.39 is 0 Å². The summed E-state index contributed by atoms with van der Waals surface area (Å²) in [5.41, 5.74) is 0.941. The largest absolute Gasteiger partial charge is 0.338 e. The van der Waals surface area contributed by atoms with Crippen LogP contribution >= 0.6 is 0 Å². The number of carbonyl (C=O) groups excluding carboxylic acids is 1. The highest BCUT2D eigenvalue weighted by molar-refractivity contribution is 5.82. The molecule has 1 aliphatic rings. The molecule has 1 N–H and O–H groups in total. The first-order valence-corrected chi connectivity index (χ1v) is 7.05. The fourth-order valence-corrected chi connectivity index (χ4v) is 2.61. The van der Waals surface area contributed by atoms with Crippen molar-refractivity contribution in [2.45, 2.75) is 33.2 Å². The predicted octanol–water partition coefficient (Wildman–Crippen LogP) is 1.82. The Kier molecular flexibility index (Phi) is 4.53. The second-order valence-corrected chi connectivity index (χ2v) is 5.49. The number of hydrogen-bond acceptors (Lipinski definition) is 3. The number of hydrogen-bond donors (Lipinski definition) is 1. The number of carbonyl (C=O) groups is 1. The molecule has 0 aliphatic carbocycles. The molecule has 1 amide bonds. The molecule has 2 heterocycles. The van der Waals surface area contributed by atoms with Crippen LogP contribution in [0.2, 0.25) is 0 Å². The normalized spacial score (nSPS) is 18.0. The molecule has 4 heteroatoms. The molecule has 0 bridgehead atoms. The van der Waals surface area contributed by atoms with E-state index in [2.05, 4.69) is 17.2 Å². The third-order valence-electron chi connectivity index (χ3n) is 4.02. The Morgan fingerprint density at radius 3 is 2.58 bits per heavy atom. The number of aromatic nitrogens is 1. The quantitative estimate of drug-likeness (QED) is 0.899. The van der Waals surface area contributed by atoms with Crippen molar-refractivity contribution in [2.75, 3.05) is 19.6 Å². The van der Waals surface area contributed by atoms with E-state index in [0.717, 1.165) is 38.0 Å². The molecule has 0 atom stereocenters. The first-order valence-electron chi connectivity index (χ1n) is 7.05. The molecular weight excluding hydrogens is 238 g/mol. The second kappa shape index (κ2) is 6.15. The van der Waals surface area contributed by atoms with Crippen molar-refractivity contribution in [3.63, 3.8) is 0 Å². The Bertz CT molecular complexity index is 413. The molecule has 0 unspecified atom stereocenters. The van der Waals surface area contributed by atoms with Crippen LogP contribution in [0.4, 0.5) is 0 Å². The van der Waals surface area contributed by atoms with Gasteiger partial charge in [-0.2, -0.15) is 0 Å². The van der Waals surface area contributed by atoms with E-state index in [0.29, 0.717) is 6.54 Å². The number of piperidine rings is 1. The van der Waals surface area contributed by atoms with E-state index in [4.69, 9.17) is 0 Å². The van der Waals surface area contributed by atoms with Gasteiger partial charge in [0.15, 0.2) is 0 Å². The van der Waals surface area contributed by atoms with Crippen molar-refractivity contribution in [1.29, 1.82) is 0 Å². The van der Waals surface area contributed by atoms with Gasteiger partial charge in [0.25, 0.3) is 0 Å². The maximum Gasteiger partial charge on any atom is 0.228 e. The first-order chi connectivity index (χ1) is 9.15. The Balaban J connectivity index is 2.06. The van der Waals surface area contributed by atoms with Gasteiger partial charge in [0.05, 0.1) is 0 Å². The molecule has 104 valence electrons. The minimum atomic E-state index is -0.200. The maximum atomic E-state index is 12.7. The van der Waals surface area contributed by atoms with Crippen molar-refractivity contribution >= 4 is 5.91 Å². The molecule has 0 saturated carbocycles. The zero-order chi connectivity index (χ0) is 13.7. The van der Waals surface area contributed by atoms with E-state index in [9.17, 15) is 4.79 Å². The summed E-state index contributed by atoms with van der Waals surface area (Å²) in [5, 5.41) is 3.32. The van der Waals surface area contributed by atoms with Crippen molar-refractivity contribution in [3.8, 4) is 0 Å². The fraction of sp³-hybridized carbons (Fsp3) is 0.600. The van der Waals surface area contributed by atoms with Crippen LogP contribution in [0.15, 0.2) is 24.5 Å². The van der Waals surface area contributed by atoms with Crippen molar-refractivity contribution in [1.82, 2.24) is 15.2 Å². The number of amides is 1. The Hall–Kier alpha value is -1.42. The monoisotopic (exact) mass is 261 g/mol. The molecule has 1 saturated heterocycles. The molecule has 19 heavy (non-hydrogen) atoms. The van der Waals surface area contributed by atoms with E-state index in [1.807, 2.05) is 24.0 Å². The number of nitrogens with zero attached hydrogens (tertiary/aromatic N) is 2. The Morgan fingerprint density at radius 1 is 1.37 bits per heavy atom. The number of pyridine rings is 1. The zero-order valence-electron chi connectivity index (χ0n) is 11.9. The van der Waals surface area contributed by atoms with Crippen LogP contribution in [-0.4, -0.2) is 35.4 Å². The molecule has 1 fully saturated rings. The van der Waals surface area contributed by atoms with Gasteiger partial charge in [-0.3, -0.25) is 9.78 Å². The molecule has 0 spiro atoms. The molecule has 4 nitrogen and oxygen atoms in total. The summed E-state index contributed by atoms with van der Waals surface area (Å²) < 4.78 is 0. The molecule has 0 aromatic carbocycles. The highest BCUT2D eigenvalue weighted by atomic mass is 16.2. The van der Waals surface area contributed by atoms with Crippen molar-refractivity contribution in [2.24, 2.45) is 5.41 Å². The maximum absolute atomic E-state index is 12.7. The van der Waals surface area contributed by atoms with Crippen LogP contribution in [0.5, 0.6) is 0 Å². The lowest BCUT2D eigenvalue weighted by Gasteiger charge is -2.37. The van der Waals surface area contributed by atoms with Crippen molar-refractivity contribution < 1.29 is 4.79 Å². The van der Waals surface area contributed by atoms with E-state index in [1.165, 1.54) is 0 Å². The predicted molar refractivity (Wildman–Crippen MR) is 75.5 cm³/mol. The van der Waals surface area contributed by atoms with Gasteiger partial charge in [-0.05, 0) is 50.6 Å². The summed E-state index contributed by atoms with van der Waals surface area (Å²) in [7, 11) is 0. The van der Waals surface area contributed by atoms with E-state index in [1.54, 1.807) is 12.4 Å². The van der Waals surface area contributed by atoms with Gasteiger partial charge >= 0.3 is 0 Å². The number of nitrogens with one attached hydrogen (secondary N) is 1. The smallest absolute Gasteiger partial charge is 0.228 e. The van der Waals surface area contributed by atoms with Crippen LogP contribution < -0.4 is 5.32 Å². The lowest BCUT2D eigenvalue weighted by molar-refractivity contribution is -0.143. The van der Waals surface area contributed by atoms with Crippen LogP contribution in [0.25, 0.3) is 0 Å². The van der Waals surface area contributed by atoms with E-state index in [-0.39, 0.29) is 11.3 Å². The summed E-state index contributed by atoms with van der Waals surface area (Å²) >= 11 is 0. The Morgan fingerprint density at radius 2 is 2.00 bits per heavy atom. The second-order valence-electron chi connectivity index (χ2n) is 5.49. The van der Waals surface area contributed by atoms with E-state index >= 15 is 0 Å². The standard InChI is InChI=1S/C15H23N3O/c1-3-18(12-13-4-8-16-9-5-13)14(19)15(2)6-10-17-11-7-15/h4-5,8-9,17H,3,6-7,10-12H2,1-2H3. The minimum absolute atomic E-state index is 0.200. The summed E-state index contributed by atoms with van der Waals surface area (Å²) in [6.45, 7) is 7.46. The topological polar surface area (TPSA) is 45.2 Å². The third-order valence-corrected chi connectivity index (χ3v) is 4.02. The fourth-order valence-electron chi connectivity index (χ4n) is 2.61. The molecule has 1 aromatic rings. The SMILES string of the molecule is CCN(Cc1ccncc1)C(=O)C1(C)CCNCC1. The summed E-state index contributed by atoms with van der Waals surface area (Å²) in [5.74, 6) is 0.285. The lowest BCUT2D eigenvalue weighted by atomic mass is 9.79. The van der Waals surface area contributed by atoms with Crippen LogP contribution in [0, 0.1) is 5.41 Å². The molecule has 2 rings (SSSR count). The highest BCUT2D eigenvalue weighted by Gasteiger charge is 2.37. The molecular formula is C15H23N3O. The van der Waals surface area contributed by atoms with Gasteiger partial charge in [0, 0.05) is 30.9 Å². The highest BCUT2D eigenvalue weighted by Crippen LogP contribution is 2.30.